The molecule has 4 aliphatic rings. The lowest BCUT2D eigenvalue weighted by Crippen LogP contribution is -2.65. The largest absolute Gasteiger partial charge is 0.506 e. The fourth-order valence-corrected chi connectivity index (χ4v) is 5.81. The Morgan fingerprint density at radius 3 is 2.33 bits per heavy atom. The summed E-state index contributed by atoms with van der Waals surface area (Å²) >= 11 is 0. The lowest BCUT2D eigenvalue weighted by molar-refractivity contribution is -0.321. The molecule has 2 saturated carbocycles. The SMILES string of the molecule is CC12C(O)C(O)C(O)=C3OC(O)CCC4(C(=O)CC(O)(O)CC4(O)O)C1C32. The Hall–Kier alpha value is -1.27. The number of hydrogen-bond acceptors (Lipinski definition) is 10. The van der Waals surface area contributed by atoms with E-state index in [1.54, 1.807) is 0 Å². The third kappa shape index (κ3) is 2.17. The monoisotopic (exact) mass is 388 g/mol. The Morgan fingerprint density at radius 1 is 1.11 bits per heavy atom. The highest BCUT2D eigenvalue weighted by molar-refractivity contribution is 5.89. The van der Waals surface area contributed by atoms with Gasteiger partial charge in [0.05, 0.1) is 24.4 Å². The minimum Gasteiger partial charge on any atom is -0.506 e. The van der Waals surface area contributed by atoms with Crippen LogP contribution in [0.4, 0.5) is 0 Å². The summed E-state index contributed by atoms with van der Waals surface area (Å²) in [4.78, 5) is 13.0. The molecular formula is C17H24O10. The number of carbonyl (C=O) groups excluding carboxylic acids is 1. The number of aliphatic hydroxyl groups excluding tert-OH is 4. The first-order valence-corrected chi connectivity index (χ1v) is 8.86. The van der Waals surface area contributed by atoms with E-state index in [0.717, 1.165) is 0 Å². The molecule has 7 atom stereocenters. The Labute approximate surface area is 153 Å². The smallest absolute Gasteiger partial charge is 0.197 e. The van der Waals surface area contributed by atoms with Gasteiger partial charge in [-0.2, -0.15) is 0 Å². The number of aliphatic hydroxyl groups is 8. The van der Waals surface area contributed by atoms with E-state index in [1.165, 1.54) is 6.92 Å². The molecule has 0 aromatic rings. The summed E-state index contributed by atoms with van der Waals surface area (Å²) in [6.45, 7) is 1.52. The Kier molecular flexibility index (Phi) is 3.67. The fourth-order valence-electron chi connectivity index (χ4n) is 5.81. The van der Waals surface area contributed by atoms with Crippen LogP contribution in [-0.2, 0) is 9.53 Å². The number of ether oxygens (including phenoxy) is 1. The second-order valence-electron chi connectivity index (χ2n) is 8.62. The van der Waals surface area contributed by atoms with Gasteiger partial charge in [0, 0.05) is 17.8 Å². The maximum Gasteiger partial charge on any atom is 0.197 e. The lowest BCUT2D eigenvalue weighted by atomic mass is 9.59. The number of fused-ring (bicyclic) bond motifs is 2. The summed E-state index contributed by atoms with van der Waals surface area (Å²) in [7, 11) is 0. The number of rotatable bonds is 0. The molecule has 27 heavy (non-hydrogen) atoms. The molecule has 0 aromatic carbocycles. The summed E-state index contributed by atoms with van der Waals surface area (Å²) in [6.07, 6.45) is -6.88. The highest BCUT2D eigenvalue weighted by Gasteiger charge is 2.83. The topological polar surface area (TPSA) is 188 Å². The van der Waals surface area contributed by atoms with Crippen molar-refractivity contribution in [2.45, 2.75) is 62.7 Å². The van der Waals surface area contributed by atoms with E-state index < -0.39 is 77.1 Å². The van der Waals surface area contributed by atoms with Crippen molar-refractivity contribution < 1.29 is 50.4 Å². The molecule has 10 nitrogen and oxygen atoms in total. The second kappa shape index (κ2) is 5.20. The number of allylic oxidation sites excluding steroid dienone is 1. The van der Waals surface area contributed by atoms with Gasteiger partial charge in [-0.1, -0.05) is 6.92 Å². The van der Waals surface area contributed by atoms with Gasteiger partial charge in [0.15, 0.2) is 23.6 Å². The van der Waals surface area contributed by atoms with Crippen molar-refractivity contribution in [2.24, 2.45) is 22.7 Å². The molecule has 3 aliphatic carbocycles. The van der Waals surface area contributed by atoms with Crippen LogP contribution in [0.15, 0.2) is 11.5 Å². The summed E-state index contributed by atoms with van der Waals surface area (Å²) in [5.74, 6) is -8.98. The van der Waals surface area contributed by atoms with E-state index in [1.807, 2.05) is 0 Å². The molecule has 10 heteroatoms. The number of Topliss-reactive ketones (excluding diaryl/α,β-unsaturated/α-hetero) is 1. The first kappa shape index (κ1) is 19.1. The van der Waals surface area contributed by atoms with E-state index in [2.05, 4.69) is 0 Å². The molecule has 0 bridgehead atoms. The van der Waals surface area contributed by atoms with Crippen LogP contribution < -0.4 is 0 Å². The molecule has 3 fully saturated rings. The van der Waals surface area contributed by atoms with Crippen molar-refractivity contribution in [3.05, 3.63) is 11.5 Å². The molecule has 1 saturated heterocycles. The fraction of sp³-hybridized carbons (Fsp3) is 0.824. The van der Waals surface area contributed by atoms with Crippen molar-refractivity contribution in [3.8, 4) is 0 Å². The second-order valence-corrected chi connectivity index (χ2v) is 8.62. The minimum atomic E-state index is -2.85. The first-order valence-electron chi connectivity index (χ1n) is 8.86. The summed E-state index contributed by atoms with van der Waals surface area (Å²) in [5.41, 5.74) is -3.19. The molecule has 8 N–H and O–H groups in total. The maximum absolute atomic E-state index is 13.0. The van der Waals surface area contributed by atoms with E-state index in [4.69, 9.17) is 4.74 Å². The third-order valence-corrected chi connectivity index (χ3v) is 7.08. The van der Waals surface area contributed by atoms with E-state index >= 15 is 0 Å². The zero-order valence-electron chi connectivity index (χ0n) is 14.6. The van der Waals surface area contributed by atoms with Gasteiger partial charge >= 0.3 is 0 Å². The predicted octanol–water partition coefficient (Wildman–Crippen LogP) is -2.42. The molecule has 1 aliphatic heterocycles. The number of hydrogen-bond donors (Lipinski definition) is 8. The van der Waals surface area contributed by atoms with Crippen molar-refractivity contribution in [3.63, 3.8) is 0 Å². The molecule has 0 amide bonds. The normalized spacial score (nSPS) is 50.5. The summed E-state index contributed by atoms with van der Waals surface area (Å²) in [6, 6.07) is 0. The van der Waals surface area contributed by atoms with Crippen LogP contribution in [0.2, 0.25) is 0 Å². The van der Waals surface area contributed by atoms with E-state index in [-0.39, 0.29) is 18.6 Å². The predicted molar refractivity (Wildman–Crippen MR) is 84.1 cm³/mol. The molecule has 152 valence electrons. The first-order chi connectivity index (χ1) is 12.3. The summed E-state index contributed by atoms with van der Waals surface area (Å²) < 4.78 is 5.33. The average molecular weight is 388 g/mol. The van der Waals surface area contributed by atoms with E-state index in [0.29, 0.717) is 0 Å². The van der Waals surface area contributed by atoms with Gasteiger partial charge in [0.1, 0.15) is 17.6 Å². The highest BCUT2D eigenvalue weighted by Crippen LogP contribution is 2.77. The van der Waals surface area contributed by atoms with E-state index in [9.17, 15) is 45.6 Å². The Balaban J connectivity index is 1.90. The molecule has 1 heterocycles. The molecule has 0 radical (unpaired) electrons. The summed E-state index contributed by atoms with van der Waals surface area (Å²) in [5, 5.41) is 82.3. The maximum atomic E-state index is 13.0. The van der Waals surface area contributed by atoms with Crippen LogP contribution in [0.1, 0.15) is 32.6 Å². The zero-order chi connectivity index (χ0) is 20.2. The zero-order valence-corrected chi connectivity index (χ0v) is 14.6. The minimum absolute atomic E-state index is 0.194. The van der Waals surface area contributed by atoms with Crippen LogP contribution in [-0.4, -0.2) is 76.7 Å². The van der Waals surface area contributed by atoms with Gasteiger partial charge < -0.3 is 45.6 Å². The average Bonchev–Trinajstić information content (AvgIpc) is 3.12. The molecular weight excluding hydrogens is 364 g/mol. The van der Waals surface area contributed by atoms with Gasteiger partial charge in [-0.05, 0) is 12.3 Å². The van der Waals surface area contributed by atoms with Crippen molar-refractivity contribution in [2.75, 3.05) is 0 Å². The van der Waals surface area contributed by atoms with Gasteiger partial charge in [-0.25, -0.2) is 0 Å². The van der Waals surface area contributed by atoms with Gasteiger partial charge in [-0.15, -0.1) is 0 Å². The van der Waals surface area contributed by atoms with Crippen LogP contribution >= 0.6 is 0 Å². The highest BCUT2D eigenvalue weighted by atomic mass is 16.6. The standard InChI is InChI=1S/C17H24O10/c1-14-8-11(9(20)10(21)13(14)22)27-7(19)2-3-16(12(8)14)6(18)4-15(23,24)5-17(16,25)26/h7-8,10,12-13,19-26H,2-5H2,1H3. The molecule has 4 rings (SSSR count). The Morgan fingerprint density at radius 2 is 1.74 bits per heavy atom. The van der Waals surface area contributed by atoms with Crippen molar-refractivity contribution >= 4 is 5.78 Å². The van der Waals surface area contributed by atoms with Gasteiger partial charge in [-0.3, -0.25) is 4.79 Å². The van der Waals surface area contributed by atoms with Crippen LogP contribution in [0.25, 0.3) is 0 Å². The van der Waals surface area contributed by atoms with Crippen LogP contribution in [0, 0.1) is 22.7 Å². The van der Waals surface area contributed by atoms with Gasteiger partial charge in [0.25, 0.3) is 0 Å². The lowest BCUT2D eigenvalue weighted by Gasteiger charge is -2.51. The van der Waals surface area contributed by atoms with Crippen molar-refractivity contribution in [1.29, 1.82) is 0 Å². The van der Waals surface area contributed by atoms with Crippen molar-refractivity contribution in [1.82, 2.24) is 0 Å². The van der Waals surface area contributed by atoms with Gasteiger partial charge in [0.2, 0.25) is 0 Å². The quantitative estimate of drug-likeness (QED) is 0.207. The molecule has 1 spiro atoms. The van der Waals surface area contributed by atoms with Crippen LogP contribution in [0.5, 0.6) is 0 Å². The third-order valence-electron chi connectivity index (χ3n) is 7.08. The Bertz CT molecular complexity index is 729. The molecule has 0 aromatic heterocycles. The van der Waals surface area contributed by atoms with Crippen LogP contribution in [0.3, 0.4) is 0 Å². The number of ketones is 1. The molecule has 7 unspecified atom stereocenters. The number of carbonyl (C=O) groups is 1.